The third-order valence-corrected chi connectivity index (χ3v) is 8.00. The number of hydrogen-bond donors (Lipinski definition) is 4. The minimum Gasteiger partial charge on any atom is -0.497 e. The zero-order valence-electron chi connectivity index (χ0n) is 24.9. The summed E-state index contributed by atoms with van der Waals surface area (Å²) in [6, 6.07) is 11.0. The van der Waals surface area contributed by atoms with E-state index in [1.165, 1.54) is 6.42 Å². The maximum Gasteiger partial charge on any atom is 0.323 e. The Labute approximate surface area is 247 Å². The van der Waals surface area contributed by atoms with Crippen LogP contribution in [0.3, 0.4) is 0 Å². The molecule has 1 saturated carbocycles. The molecule has 0 radical (unpaired) electrons. The van der Waals surface area contributed by atoms with E-state index >= 15 is 0 Å². The van der Waals surface area contributed by atoms with Gasteiger partial charge in [0.25, 0.3) is 5.91 Å². The van der Waals surface area contributed by atoms with E-state index in [0.29, 0.717) is 36.0 Å². The number of carbonyl (C=O) groups excluding carboxylic acids is 3. The summed E-state index contributed by atoms with van der Waals surface area (Å²) >= 11 is 0. The van der Waals surface area contributed by atoms with Crippen LogP contribution in [-0.4, -0.2) is 84.9 Å². The van der Waals surface area contributed by atoms with Gasteiger partial charge in [-0.1, -0.05) is 26.2 Å². The number of nitrogens with zero attached hydrogens (tertiary/aromatic N) is 2. The van der Waals surface area contributed by atoms with Crippen LogP contribution in [0, 0.1) is 5.92 Å². The molecule has 0 aromatic heterocycles. The highest BCUT2D eigenvalue weighted by molar-refractivity contribution is 6.02. The van der Waals surface area contributed by atoms with E-state index in [1.54, 1.807) is 73.3 Å². The van der Waals surface area contributed by atoms with Crippen LogP contribution in [0.15, 0.2) is 42.5 Å². The van der Waals surface area contributed by atoms with E-state index < -0.39 is 18.2 Å². The molecular formula is C31H43N5O6. The molecule has 0 unspecified atom stereocenters. The Kier molecular flexibility index (Phi) is 10.5. The number of methoxy groups -OCH3 is 1. The molecule has 0 spiro atoms. The van der Waals surface area contributed by atoms with Crippen LogP contribution in [0.4, 0.5) is 21.0 Å². The Bertz CT molecular complexity index is 1230. The second-order valence-corrected chi connectivity index (χ2v) is 11.3. The van der Waals surface area contributed by atoms with E-state index in [1.807, 2.05) is 6.92 Å². The molecule has 0 saturated heterocycles. The molecule has 5 amide bonds. The third-order valence-electron chi connectivity index (χ3n) is 8.00. The molecule has 228 valence electrons. The lowest BCUT2D eigenvalue weighted by atomic mass is 9.96. The fourth-order valence-corrected chi connectivity index (χ4v) is 5.37. The zero-order chi connectivity index (χ0) is 30.2. The fraction of sp³-hybridized carbons (Fsp3) is 0.516. The van der Waals surface area contributed by atoms with Gasteiger partial charge in [0.2, 0.25) is 0 Å². The normalized spacial score (nSPS) is 19.8. The molecule has 11 nitrogen and oxygen atoms in total. The average Bonchev–Trinajstić information content (AvgIpc) is 2.99. The average molecular weight is 582 g/mol. The maximum absolute atomic E-state index is 13.7. The highest BCUT2D eigenvalue weighted by Crippen LogP contribution is 2.31. The summed E-state index contributed by atoms with van der Waals surface area (Å²) < 4.78 is 11.5. The summed E-state index contributed by atoms with van der Waals surface area (Å²) in [6.07, 6.45) is 5.04. The van der Waals surface area contributed by atoms with Crippen molar-refractivity contribution in [2.45, 2.75) is 64.1 Å². The van der Waals surface area contributed by atoms with Gasteiger partial charge in [-0.25, -0.2) is 9.59 Å². The number of hydrogen-bond acceptors (Lipinski definition) is 6. The van der Waals surface area contributed by atoms with Gasteiger partial charge in [0.1, 0.15) is 17.6 Å². The zero-order valence-corrected chi connectivity index (χ0v) is 24.9. The number of likely N-dealkylation sites (N-methyl/N-ethyl adjacent to an activating group) is 1. The quantitative estimate of drug-likeness (QED) is 0.362. The van der Waals surface area contributed by atoms with Crippen molar-refractivity contribution in [1.82, 2.24) is 15.1 Å². The number of ether oxygens (including phenoxy) is 2. The van der Waals surface area contributed by atoms with E-state index in [-0.39, 0.29) is 36.1 Å². The Morgan fingerprint density at radius 1 is 1.10 bits per heavy atom. The van der Waals surface area contributed by atoms with Crippen LogP contribution in [0.5, 0.6) is 11.5 Å². The number of rotatable bonds is 8. The molecule has 1 aliphatic heterocycles. The molecule has 4 N–H and O–H groups in total. The monoisotopic (exact) mass is 581 g/mol. The van der Waals surface area contributed by atoms with Crippen molar-refractivity contribution in [3.05, 3.63) is 48.0 Å². The first-order valence-corrected chi connectivity index (χ1v) is 14.6. The van der Waals surface area contributed by atoms with Gasteiger partial charge in [0, 0.05) is 36.9 Å². The Hall–Kier alpha value is -3.99. The van der Waals surface area contributed by atoms with Crippen molar-refractivity contribution in [2.24, 2.45) is 5.92 Å². The Balaban J connectivity index is 1.51. The number of aliphatic hydroxyl groups excluding tert-OH is 1. The Morgan fingerprint density at radius 2 is 1.76 bits per heavy atom. The van der Waals surface area contributed by atoms with Crippen LogP contribution in [0.2, 0.25) is 0 Å². The van der Waals surface area contributed by atoms with Gasteiger partial charge in [-0.15, -0.1) is 0 Å². The third kappa shape index (κ3) is 7.84. The number of fused-ring (bicyclic) bond motifs is 1. The van der Waals surface area contributed by atoms with Crippen molar-refractivity contribution in [3.63, 3.8) is 0 Å². The first kappa shape index (κ1) is 31.0. The molecule has 3 atom stereocenters. The van der Waals surface area contributed by atoms with Crippen LogP contribution >= 0.6 is 0 Å². The molecule has 4 rings (SSSR count). The van der Waals surface area contributed by atoms with Gasteiger partial charge < -0.3 is 40.3 Å². The largest absolute Gasteiger partial charge is 0.497 e. The first-order chi connectivity index (χ1) is 20.2. The van der Waals surface area contributed by atoms with Crippen molar-refractivity contribution in [2.75, 3.05) is 44.5 Å². The van der Waals surface area contributed by atoms with Crippen LogP contribution in [0.1, 0.15) is 56.3 Å². The van der Waals surface area contributed by atoms with Gasteiger partial charge >= 0.3 is 12.1 Å². The van der Waals surface area contributed by atoms with E-state index in [4.69, 9.17) is 9.47 Å². The van der Waals surface area contributed by atoms with Crippen LogP contribution < -0.4 is 25.4 Å². The molecule has 2 aromatic rings. The lowest BCUT2D eigenvalue weighted by Gasteiger charge is -2.38. The topological polar surface area (TPSA) is 132 Å². The van der Waals surface area contributed by atoms with Crippen molar-refractivity contribution in [3.8, 4) is 11.5 Å². The number of carbonyl (C=O) groups is 3. The molecule has 11 heteroatoms. The molecular weight excluding hydrogens is 538 g/mol. The SMILES string of the molecule is COc1ccc(NC(=O)Nc2ccc3c(c2)C(=O)N([C@@H](C)CO)C[C@H](C)[C@@H](CN(C)C(=O)NC2CCCCC2)O3)cc1. The molecule has 2 aromatic carbocycles. The standard InChI is InChI=1S/C31H43N5O6/c1-20-17-36(21(2)19-37)29(38)26-16-24(33-30(39)32-23-10-13-25(41-4)14-11-23)12-15-27(26)42-28(20)18-35(3)31(40)34-22-8-6-5-7-9-22/h10-16,20-22,28,37H,5-9,17-19H2,1-4H3,(H,34,40)(H2,32,33,39)/t20-,21-,28+/m0/s1. The number of anilines is 2. The van der Waals surface area contributed by atoms with Crippen LogP contribution in [0.25, 0.3) is 0 Å². The summed E-state index contributed by atoms with van der Waals surface area (Å²) in [6.45, 7) is 4.21. The van der Waals surface area contributed by atoms with Gasteiger partial charge in [-0.2, -0.15) is 0 Å². The summed E-state index contributed by atoms with van der Waals surface area (Å²) in [5.41, 5.74) is 1.25. The fourth-order valence-electron chi connectivity index (χ4n) is 5.37. The number of aliphatic hydroxyl groups is 1. The number of benzene rings is 2. The second-order valence-electron chi connectivity index (χ2n) is 11.3. The van der Waals surface area contributed by atoms with Gasteiger partial charge in [0.05, 0.1) is 31.9 Å². The number of urea groups is 2. The lowest BCUT2D eigenvalue weighted by Crippen LogP contribution is -2.52. The van der Waals surface area contributed by atoms with Gasteiger partial charge in [0.15, 0.2) is 0 Å². The van der Waals surface area contributed by atoms with Gasteiger partial charge in [-0.05, 0) is 62.2 Å². The molecule has 42 heavy (non-hydrogen) atoms. The Morgan fingerprint density at radius 3 is 2.43 bits per heavy atom. The molecule has 0 bridgehead atoms. The number of amides is 5. The highest BCUT2D eigenvalue weighted by Gasteiger charge is 2.34. The lowest BCUT2D eigenvalue weighted by molar-refractivity contribution is 0.0366. The van der Waals surface area contributed by atoms with Gasteiger partial charge in [-0.3, -0.25) is 4.79 Å². The van der Waals surface area contributed by atoms with Crippen molar-refractivity contribution in [1.29, 1.82) is 0 Å². The summed E-state index contributed by atoms with van der Waals surface area (Å²) in [5, 5.41) is 18.6. The summed E-state index contributed by atoms with van der Waals surface area (Å²) in [4.78, 5) is 42.6. The van der Waals surface area contributed by atoms with E-state index in [0.717, 1.165) is 25.7 Å². The minimum atomic E-state index is -0.475. The maximum atomic E-state index is 13.7. The van der Waals surface area contributed by atoms with Crippen LogP contribution in [-0.2, 0) is 0 Å². The summed E-state index contributed by atoms with van der Waals surface area (Å²) in [5.74, 6) is 0.592. The predicted octanol–water partition coefficient (Wildman–Crippen LogP) is 4.53. The van der Waals surface area contributed by atoms with E-state index in [9.17, 15) is 19.5 Å². The highest BCUT2D eigenvalue weighted by atomic mass is 16.5. The van der Waals surface area contributed by atoms with Crippen molar-refractivity contribution < 1.29 is 29.0 Å². The van der Waals surface area contributed by atoms with E-state index in [2.05, 4.69) is 16.0 Å². The minimum absolute atomic E-state index is 0.130. The molecule has 1 fully saturated rings. The first-order valence-electron chi connectivity index (χ1n) is 14.6. The molecule has 1 heterocycles. The molecule has 2 aliphatic rings. The summed E-state index contributed by atoms with van der Waals surface area (Å²) in [7, 11) is 3.32. The predicted molar refractivity (Wildman–Crippen MR) is 161 cm³/mol. The number of nitrogens with one attached hydrogen (secondary N) is 3. The second kappa shape index (κ2) is 14.3. The molecule has 1 aliphatic carbocycles. The smallest absolute Gasteiger partial charge is 0.323 e. The van der Waals surface area contributed by atoms with Crippen molar-refractivity contribution >= 4 is 29.3 Å².